The van der Waals surface area contributed by atoms with Gasteiger partial charge < -0.3 is 10.2 Å². The number of fused-ring (bicyclic) bond motifs is 1. The molecule has 29 heavy (non-hydrogen) atoms. The topological polar surface area (TPSA) is 113 Å². The van der Waals surface area contributed by atoms with Crippen LogP contribution in [0.3, 0.4) is 0 Å². The monoisotopic (exact) mass is 394 g/mol. The summed E-state index contributed by atoms with van der Waals surface area (Å²) in [5.74, 6) is -2.11. The molecular formula is C20H18N4O5. The Bertz CT molecular complexity index is 1010. The molecule has 2 aromatic rings. The Morgan fingerprint density at radius 2 is 1.72 bits per heavy atom. The van der Waals surface area contributed by atoms with E-state index >= 15 is 0 Å². The van der Waals surface area contributed by atoms with Gasteiger partial charge in [0.1, 0.15) is 12.1 Å². The van der Waals surface area contributed by atoms with E-state index in [1.807, 2.05) is 12.1 Å². The Balaban J connectivity index is 1.45. The van der Waals surface area contributed by atoms with Crippen LogP contribution in [0.25, 0.3) is 0 Å². The molecule has 4 rings (SSSR count). The fourth-order valence-corrected chi connectivity index (χ4v) is 3.69. The summed E-state index contributed by atoms with van der Waals surface area (Å²) in [4.78, 5) is 50.8. The first-order chi connectivity index (χ1) is 14.0. The number of nitrogens with zero attached hydrogens (tertiary/aromatic N) is 3. The molecule has 0 radical (unpaired) electrons. The van der Waals surface area contributed by atoms with Gasteiger partial charge in [0, 0.05) is 30.5 Å². The Hall–Kier alpha value is -3.75. The van der Waals surface area contributed by atoms with Crippen LogP contribution < -0.4 is 10.2 Å². The zero-order chi connectivity index (χ0) is 20.5. The highest BCUT2D eigenvalue weighted by Crippen LogP contribution is 2.30. The molecule has 148 valence electrons. The van der Waals surface area contributed by atoms with E-state index in [0.29, 0.717) is 5.69 Å². The molecule has 2 heterocycles. The molecule has 9 nitrogen and oxygen atoms in total. The fourth-order valence-electron chi connectivity index (χ4n) is 3.69. The second kappa shape index (κ2) is 7.34. The molecule has 1 N–H and O–H groups in total. The van der Waals surface area contributed by atoms with Crippen molar-refractivity contribution >= 4 is 34.8 Å². The van der Waals surface area contributed by atoms with E-state index in [1.54, 1.807) is 12.1 Å². The van der Waals surface area contributed by atoms with Crippen LogP contribution in [0.1, 0.15) is 33.6 Å². The van der Waals surface area contributed by atoms with Gasteiger partial charge >= 0.3 is 0 Å². The minimum atomic E-state index is -0.836. The maximum absolute atomic E-state index is 12.5. The van der Waals surface area contributed by atoms with Crippen molar-refractivity contribution in [1.82, 2.24) is 4.90 Å². The third-order valence-electron chi connectivity index (χ3n) is 5.10. The molecule has 2 aromatic carbocycles. The second-order valence-corrected chi connectivity index (χ2v) is 6.94. The summed E-state index contributed by atoms with van der Waals surface area (Å²) in [6.07, 6.45) is 2.33. The fraction of sp³-hybridized carbons (Fsp3) is 0.250. The van der Waals surface area contributed by atoms with Crippen molar-refractivity contribution in [1.29, 1.82) is 0 Å². The van der Waals surface area contributed by atoms with Crippen LogP contribution in [-0.4, -0.2) is 47.2 Å². The van der Waals surface area contributed by atoms with Crippen molar-refractivity contribution in [2.24, 2.45) is 0 Å². The minimum absolute atomic E-state index is 0.0630. The smallest absolute Gasteiger partial charge is 0.282 e. The number of nitrogens with one attached hydrogen (secondary N) is 1. The van der Waals surface area contributed by atoms with Gasteiger partial charge in [0.25, 0.3) is 17.5 Å². The van der Waals surface area contributed by atoms with Crippen molar-refractivity contribution in [2.75, 3.05) is 29.9 Å². The van der Waals surface area contributed by atoms with E-state index in [4.69, 9.17) is 0 Å². The van der Waals surface area contributed by atoms with Crippen LogP contribution in [0.15, 0.2) is 42.5 Å². The normalized spacial score (nSPS) is 15.6. The van der Waals surface area contributed by atoms with E-state index in [9.17, 15) is 24.5 Å². The summed E-state index contributed by atoms with van der Waals surface area (Å²) in [7, 11) is 0. The number of nitro benzene ring substituents is 1. The lowest BCUT2D eigenvalue weighted by Crippen LogP contribution is -2.37. The predicted molar refractivity (Wildman–Crippen MR) is 105 cm³/mol. The van der Waals surface area contributed by atoms with Crippen LogP contribution in [0, 0.1) is 10.1 Å². The number of anilines is 2. The number of hydrogen-bond acceptors (Lipinski definition) is 6. The summed E-state index contributed by atoms with van der Waals surface area (Å²) in [5.41, 5.74) is 0.840. The van der Waals surface area contributed by atoms with Crippen LogP contribution in [0.5, 0.6) is 0 Å². The molecule has 0 saturated carbocycles. The number of imide groups is 1. The van der Waals surface area contributed by atoms with E-state index in [1.165, 1.54) is 12.1 Å². The average Bonchev–Trinajstić information content (AvgIpc) is 3.32. The number of rotatable bonds is 5. The van der Waals surface area contributed by atoms with Crippen molar-refractivity contribution < 1.29 is 19.3 Å². The van der Waals surface area contributed by atoms with E-state index < -0.39 is 34.9 Å². The lowest BCUT2D eigenvalue weighted by atomic mass is 10.1. The van der Waals surface area contributed by atoms with Gasteiger partial charge in [-0.3, -0.25) is 29.4 Å². The number of carbonyl (C=O) groups is 3. The maximum atomic E-state index is 12.5. The van der Waals surface area contributed by atoms with Gasteiger partial charge in [-0.1, -0.05) is 6.07 Å². The van der Waals surface area contributed by atoms with E-state index in [-0.39, 0.29) is 11.1 Å². The van der Waals surface area contributed by atoms with Crippen molar-refractivity contribution in [3.63, 3.8) is 0 Å². The van der Waals surface area contributed by atoms with Crippen molar-refractivity contribution in [3.05, 3.63) is 63.7 Å². The number of amides is 3. The minimum Gasteiger partial charge on any atom is -0.372 e. The highest BCUT2D eigenvalue weighted by Gasteiger charge is 2.41. The van der Waals surface area contributed by atoms with Crippen molar-refractivity contribution in [2.45, 2.75) is 12.8 Å². The van der Waals surface area contributed by atoms with Crippen LogP contribution >= 0.6 is 0 Å². The van der Waals surface area contributed by atoms with Gasteiger partial charge in [-0.05, 0) is 43.2 Å². The molecule has 0 atom stereocenters. The zero-order valence-electron chi connectivity index (χ0n) is 15.5. The van der Waals surface area contributed by atoms with Crippen molar-refractivity contribution in [3.8, 4) is 0 Å². The molecule has 0 unspecified atom stereocenters. The van der Waals surface area contributed by atoms with E-state index in [2.05, 4.69) is 10.2 Å². The number of hydrogen-bond donors (Lipinski definition) is 1. The van der Waals surface area contributed by atoms with E-state index in [0.717, 1.165) is 42.6 Å². The number of carbonyl (C=O) groups excluding carboxylic acids is 3. The largest absolute Gasteiger partial charge is 0.372 e. The van der Waals surface area contributed by atoms with Gasteiger partial charge in [0.2, 0.25) is 5.91 Å². The van der Waals surface area contributed by atoms with Gasteiger partial charge in [-0.15, -0.1) is 0 Å². The third-order valence-corrected chi connectivity index (χ3v) is 5.10. The quantitative estimate of drug-likeness (QED) is 0.473. The highest BCUT2D eigenvalue weighted by atomic mass is 16.6. The number of benzene rings is 2. The first kappa shape index (κ1) is 18.6. The Kier molecular flexibility index (Phi) is 4.71. The molecule has 2 aliphatic heterocycles. The Morgan fingerprint density at radius 3 is 2.38 bits per heavy atom. The first-order valence-electron chi connectivity index (χ1n) is 9.24. The molecule has 0 bridgehead atoms. The lowest BCUT2D eigenvalue weighted by Gasteiger charge is -2.18. The third kappa shape index (κ3) is 3.42. The van der Waals surface area contributed by atoms with Gasteiger partial charge in [0.15, 0.2) is 0 Å². The molecule has 0 aromatic heterocycles. The number of nitro groups is 1. The molecule has 0 spiro atoms. The molecule has 1 saturated heterocycles. The molecule has 1 fully saturated rings. The summed E-state index contributed by atoms with van der Waals surface area (Å²) in [5, 5.41) is 13.8. The lowest BCUT2D eigenvalue weighted by molar-refractivity contribution is -0.385. The Morgan fingerprint density at radius 1 is 1.03 bits per heavy atom. The standard InChI is InChI=1S/C20H18N4O5/c25-17(21-13-6-8-14(9-7-13)22-10-1-2-11-22)12-23-19(26)15-4-3-5-16(24(28)29)18(15)20(23)27/h3-9H,1-2,10-12H2,(H,21,25). The predicted octanol–water partition coefficient (Wildman–Crippen LogP) is 2.43. The zero-order valence-corrected chi connectivity index (χ0v) is 15.5. The molecule has 0 aliphatic carbocycles. The van der Waals surface area contributed by atoms with Crippen LogP contribution in [-0.2, 0) is 4.79 Å². The van der Waals surface area contributed by atoms with Crippen LogP contribution in [0.4, 0.5) is 17.1 Å². The molecule has 3 amide bonds. The van der Waals surface area contributed by atoms with Crippen LogP contribution in [0.2, 0.25) is 0 Å². The first-order valence-corrected chi connectivity index (χ1v) is 9.24. The summed E-state index contributed by atoms with van der Waals surface area (Å²) in [6.45, 7) is 1.51. The van der Waals surface area contributed by atoms with Gasteiger partial charge in [-0.25, -0.2) is 0 Å². The molecule has 9 heteroatoms. The molecule has 2 aliphatic rings. The van der Waals surface area contributed by atoms with Gasteiger partial charge in [0.05, 0.1) is 10.5 Å². The summed E-state index contributed by atoms with van der Waals surface area (Å²) in [6, 6.07) is 11.2. The summed E-state index contributed by atoms with van der Waals surface area (Å²) >= 11 is 0. The Labute approximate surface area is 166 Å². The maximum Gasteiger partial charge on any atom is 0.282 e. The highest BCUT2D eigenvalue weighted by molar-refractivity contribution is 6.24. The average molecular weight is 394 g/mol. The summed E-state index contributed by atoms with van der Waals surface area (Å²) < 4.78 is 0. The second-order valence-electron chi connectivity index (χ2n) is 6.94. The molecular weight excluding hydrogens is 376 g/mol. The van der Waals surface area contributed by atoms with Gasteiger partial charge in [-0.2, -0.15) is 0 Å². The SMILES string of the molecule is O=C(CN1C(=O)c2cccc([N+](=O)[O-])c2C1=O)Nc1ccc(N2CCCC2)cc1.